The smallest absolute Gasteiger partial charge is 0.310 e. The summed E-state index contributed by atoms with van der Waals surface area (Å²) in [4.78, 5) is 40.2. The molecule has 1 heterocycles. The minimum Gasteiger partial charge on any atom is -0.507 e. The summed E-state index contributed by atoms with van der Waals surface area (Å²) in [5.41, 5.74) is 3.16. The molecule has 4 rings (SSSR count). The molecule has 1 atom stereocenters. The summed E-state index contributed by atoms with van der Waals surface area (Å²) in [6.07, 6.45) is -0.125. The maximum absolute atomic E-state index is 13.4. The van der Waals surface area contributed by atoms with Crippen molar-refractivity contribution < 1.29 is 29.0 Å². The van der Waals surface area contributed by atoms with Gasteiger partial charge in [-0.1, -0.05) is 42.0 Å². The second-order valence-electron chi connectivity index (χ2n) is 9.31. The van der Waals surface area contributed by atoms with Gasteiger partial charge in [-0.05, 0) is 78.2 Å². The molecule has 1 unspecified atom stereocenters. The summed E-state index contributed by atoms with van der Waals surface area (Å²) in [7, 11) is 1.53. The second-order valence-corrected chi connectivity index (χ2v) is 10.2. The van der Waals surface area contributed by atoms with E-state index < -0.39 is 17.7 Å². The molecule has 196 valence electrons. The van der Waals surface area contributed by atoms with E-state index in [4.69, 9.17) is 9.47 Å². The number of aryl methyl sites for hydroxylation is 1. The molecule has 0 aromatic heterocycles. The van der Waals surface area contributed by atoms with Crippen molar-refractivity contribution in [1.29, 1.82) is 0 Å². The molecule has 8 heteroatoms. The molecule has 0 saturated carbocycles. The predicted octanol–water partition coefficient (Wildman–Crippen LogP) is 5.89. The van der Waals surface area contributed by atoms with E-state index in [-0.39, 0.29) is 29.8 Å². The first-order chi connectivity index (χ1) is 18.1. The Hall–Kier alpha value is -3.91. The zero-order chi connectivity index (χ0) is 27.6. The summed E-state index contributed by atoms with van der Waals surface area (Å²) >= 11 is 3.41. The molecule has 1 saturated heterocycles. The van der Waals surface area contributed by atoms with E-state index in [0.29, 0.717) is 32.6 Å². The molecule has 1 N–H and O–H groups in total. The van der Waals surface area contributed by atoms with Gasteiger partial charge in [-0.3, -0.25) is 19.3 Å². The number of rotatable bonds is 7. The van der Waals surface area contributed by atoms with E-state index in [1.54, 1.807) is 56.3 Å². The quantitative estimate of drug-likeness (QED) is 0.163. The van der Waals surface area contributed by atoms with Crippen LogP contribution in [0, 0.1) is 6.92 Å². The number of hydrogen-bond donors (Lipinski definition) is 1. The van der Waals surface area contributed by atoms with Crippen molar-refractivity contribution >= 4 is 45.0 Å². The number of ketones is 1. The van der Waals surface area contributed by atoms with E-state index in [1.807, 2.05) is 31.2 Å². The lowest BCUT2D eigenvalue weighted by Gasteiger charge is -2.26. The summed E-state index contributed by atoms with van der Waals surface area (Å²) in [6.45, 7) is 5.49. The SMILES string of the molecule is COc1ccc(/C(O)=C2/C(=O)C(=O)N(c3ccc(CC(=O)OC(C)C)cc3)C2c2cccc(C)c2)cc1Br. The lowest BCUT2D eigenvalue weighted by atomic mass is 9.94. The summed E-state index contributed by atoms with van der Waals surface area (Å²) < 4.78 is 11.1. The van der Waals surface area contributed by atoms with Crippen molar-refractivity contribution in [3.63, 3.8) is 0 Å². The predicted molar refractivity (Wildman–Crippen MR) is 148 cm³/mol. The van der Waals surface area contributed by atoms with Gasteiger partial charge in [0, 0.05) is 11.3 Å². The molecule has 1 amide bonds. The fraction of sp³-hybridized carbons (Fsp3) is 0.233. The monoisotopic (exact) mass is 577 g/mol. The Morgan fingerprint density at radius 2 is 1.76 bits per heavy atom. The first kappa shape index (κ1) is 27.1. The number of methoxy groups -OCH3 is 1. The van der Waals surface area contributed by atoms with Crippen molar-refractivity contribution in [2.24, 2.45) is 0 Å². The van der Waals surface area contributed by atoms with Crippen LogP contribution in [0.25, 0.3) is 5.76 Å². The number of benzene rings is 3. The fourth-order valence-electron chi connectivity index (χ4n) is 4.47. The second kappa shape index (κ2) is 11.2. The van der Waals surface area contributed by atoms with Crippen molar-refractivity contribution in [1.82, 2.24) is 0 Å². The van der Waals surface area contributed by atoms with Crippen LogP contribution in [0.3, 0.4) is 0 Å². The van der Waals surface area contributed by atoms with Crippen LogP contribution in [0.2, 0.25) is 0 Å². The number of halogens is 1. The molecule has 1 aliphatic rings. The van der Waals surface area contributed by atoms with Gasteiger partial charge in [0.1, 0.15) is 11.5 Å². The molecule has 7 nitrogen and oxygen atoms in total. The minimum absolute atomic E-state index is 0.0118. The van der Waals surface area contributed by atoms with Crippen molar-refractivity contribution in [3.05, 3.63) is 99.0 Å². The standard InChI is InChI=1S/C30H28BrNO6/c1-17(2)38-25(33)15-19-8-11-22(12-9-19)32-27(20-7-5-6-18(3)14-20)26(29(35)30(32)36)28(34)21-10-13-24(37-4)23(31)16-21/h5-14,16-17,27,34H,15H2,1-4H3/b28-26-. The molecule has 1 fully saturated rings. The molecule has 0 spiro atoms. The molecule has 0 aliphatic carbocycles. The van der Waals surface area contributed by atoms with Crippen LogP contribution in [-0.2, 0) is 25.5 Å². The Kier molecular flexibility index (Phi) is 8.02. The molecule has 38 heavy (non-hydrogen) atoms. The lowest BCUT2D eigenvalue weighted by molar-refractivity contribution is -0.146. The molecule has 1 aliphatic heterocycles. The largest absolute Gasteiger partial charge is 0.507 e. The van der Waals surface area contributed by atoms with E-state index >= 15 is 0 Å². The van der Waals surface area contributed by atoms with Crippen molar-refractivity contribution in [2.75, 3.05) is 12.0 Å². The average Bonchev–Trinajstić information content (AvgIpc) is 3.14. The first-order valence-corrected chi connectivity index (χ1v) is 12.9. The van der Waals surface area contributed by atoms with Crippen LogP contribution in [0.5, 0.6) is 5.75 Å². The molecule has 0 radical (unpaired) electrons. The molecule has 3 aromatic rings. The van der Waals surface area contributed by atoms with Gasteiger partial charge in [0.2, 0.25) is 0 Å². The topological polar surface area (TPSA) is 93.1 Å². The Bertz CT molecular complexity index is 1430. The number of aliphatic hydroxyl groups excluding tert-OH is 1. The summed E-state index contributed by atoms with van der Waals surface area (Å²) in [6, 6.07) is 18.4. The third-order valence-corrected chi connectivity index (χ3v) is 6.78. The van der Waals surface area contributed by atoms with Gasteiger partial charge in [0.05, 0.1) is 35.7 Å². The van der Waals surface area contributed by atoms with Gasteiger partial charge in [0.25, 0.3) is 11.7 Å². The Balaban J connectivity index is 1.80. The van der Waals surface area contributed by atoms with Crippen LogP contribution in [0.1, 0.15) is 42.1 Å². The van der Waals surface area contributed by atoms with Crippen LogP contribution < -0.4 is 9.64 Å². The maximum atomic E-state index is 13.4. The zero-order valence-electron chi connectivity index (χ0n) is 21.5. The number of amides is 1. The highest BCUT2D eigenvalue weighted by atomic mass is 79.9. The Labute approximate surface area is 229 Å². The zero-order valence-corrected chi connectivity index (χ0v) is 23.1. The summed E-state index contributed by atoms with van der Waals surface area (Å²) in [5, 5.41) is 11.3. The number of Topliss-reactive ketones (excluding diaryl/α,β-unsaturated/α-hetero) is 1. The van der Waals surface area contributed by atoms with Gasteiger partial charge >= 0.3 is 5.97 Å². The van der Waals surface area contributed by atoms with E-state index in [0.717, 1.165) is 5.56 Å². The molecular formula is C30H28BrNO6. The lowest BCUT2D eigenvalue weighted by Crippen LogP contribution is -2.29. The molecule has 0 bridgehead atoms. The number of carbonyl (C=O) groups excluding carboxylic acids is 3. The number of esters is 1. The van der Waals surface area contributed by atoms with E-state index in [2.05, 4.69) is 15.9 Å². The van der Waals surface area contributed by atoms with Crippen LogP contribution in [0.4, 0.5) is 5.69 Å². The van der Waals surface area contributed by atoms with Crippen molar-refractivity contribution in [3.8, 4) is 5.75 Å². The normalized spacial score (nSPS) is 16.7. The number of hydrogen-bond acceptors (Lipinski definition) is 6. The molecule has 3 aromatic carbocycles. The number of ether oxygens (including phenoxy) is 2. The van der Waals surface area contributed by atoms with Crippen LogP contribution >= 0.6 is 15.9 Å². The fourth-order valence-corrected chi connectivity index (χ4v) is 5.01. The highest BCUT2D eigenvalue weighted by molar-refractivity contribution is 9.10. The first-order valence-electron chi connectivity index (χ1n) is 12.1. The molecular weight excluding hydrogens is 550 g/mol. The van der Waals surface area contributed by atoms with Crippen molar-refractivity contribution in [2.45, 2.75) is 39.3 Å². The van der Waals surface area contributed by atoms with E-state index in [9.17, 15) is 19.5 Å². The number of aliphatic hydroxyl groups is 1. The number of nitrogens with zero attached hydrogens (tertiary/aromatic N) is 1. The van der Waals surface area contributed by atoms with Crippen LogP contribution in [-0.4, -0.2) is 36.0 Å². The Morgan fingerprint density at radius 1 is 1.05 bits per heavy atom. The average molecular weight is 578 g/mol. The van der Waals surface area contributed by atoms with E-state index in [1.165, 1.54) is 12.0 Å². The highest BCUT2D eigenvalue weighted by Gasteiger charge is 2.47. The summed E-state index contributed by atoms with van der Waals surface area (Å²) in [5.74, 6) is -1.61. The third-order valence-electron chi connectivity index (χ3n) is 6.16. The van der Waals surface area contributed by atoms with Crippen LogP contribution in [0.15, 0.2) is 76.8 Å². The van der Waals surface area contributed by atoms with Gasteiger partial charge in [0.15, 0.2) is 0 Å². The number of anilines is 1. The highest BCUT2D eigenvalue weighted by Crippen LogP contribution is 2.43. The number of carbonyl (C=O) groups is 3. The Morgan fingerprint density at radius 3 is 2.37 bits per heavy atom. The van der Waals surface area contributed by atoms with Gasteiger partial charge in [-0.15, -0.1) is 0 Å². The van der Waals surface area contributed by atoms with Gasteiger partial charge in [-0.2, -0.15) is 0 Å². The third kappa shape index (κ3) is 5.50. The minimum atomic E-state index is -0.854. The van der Waals surface area contributed by atoms with Gasteiger partial charge in [-0.25, -0.2) is 0 Å². The maximum Gasteiger partial charge on any atom is 0.310 e. The van der Waals surface area contributed by atoms with Gasteiger partial charge < -0.3 is 14.6 Å².